The van der Waals surface area contributed by atoms with Crippen LogP contribution in [0.15, 0.2) is 55.0 Å². The van der Waals surface area contributed by atoms with Gasteiger partial charge in [0.15, 0.2) is 5.69 Å². The Bertz CT molecular complexity index is 1400. The van der Waals surface area contributed by atoms with E-state index in [0.29, 0.717) is 11.4 Å². The van der Waals surface area contributed by atoms with Crippen LogP contribution in [-0.2, 0) is 13.1 Å². The summed E-state index contributed by atoms with van der Waals surface area (Å²) in [5.74, 6) is -0.276. The third-order valence-corrected chi connectivity index (χ3v) is 7.54. The number of carbonyl (C=O) groups is 1. The summed E-state index contributed by atoms with van der Waals surface area (Å²) >= 11 is 0. The number of pyridine rings is 2. The van der Waals surface area contributed by atoms with E-state index in [1.54, 1.807) is 6.20 Å². The quantitative estimate of drug-likeness (QED) is 0.346. The second-order valence-electron chi connectivity index (χ2n) is 10.4. The van der Waals surface area contributed by atoms with Gasteiger partial charge in [-0.05, 0) is 80.2 Å². The van der Waals surface area contributed by atoms with Gasteiger partial charge in [0.1, 0.15) is 0 Å². The molecule has 0 saturated carbocycles. The molecule has 0 bridgehead atoms. The molecule has 3 aromatic heterocycles. The Kier molecular flexibility index (Phi) is 7.13. The van der Waals surface area contributed by atoms with Crippen LogP contribution in [0.3, 0.4) is 0 Å². The van der Waals surface area contributed by atoms with Gasteiger partial charge < -0.3 is 10.4 Å². The van der Waals surface area contributed by atoms with Gasteiger partial charge in [-0.1, -0.05) is 6.07 Å². The third-order valence-electron chi connectivity index (χ3n) is 7.54. The number of nitrogens with one attached hydrogen (secondary N) is 2. The molecule has 38 heavy (non-hydrogen) atoms. The van der Waals surface area contributed by atoms with Crippen molar-refractivity contribution < 1.29 is 9.90 Å². The molecule has 6 rings (SSSR count). The molecule has 2 aliphatic heterocycles. The summed E-state index contributed by atoms with van der Waals surface area (Å²) in [6.07, 6.45) is 9.40. The number of benzene rings is 1. The van der Waals surface area contributed by atoms with Gasteiger partial charge >= 0.3 is 0 Å². The van der Waals surface area contributed by atoms with Gasteiger partial charge in [0.25, 0.3) is 5.91 Å². The van der Waals surface area contributed by atoms with Crippen molar-refractivity contribution in [2.45, 2.75) is 44.9 Å². The van der Waals surface area contributed by atoms with Crippen molar-refractivity contribution in [3.05, 3.63) is 71.9 Å². The largest absolute Gasteiger partial charge is 0.393 e. The number of piperidine rings is 1. The fourth-order valence-electron chi connectivity index (χ4n) is 5.39. The Labute approximate surface area is 221 Å². The first-order valence-corrected chi connectivity index (χ1v) is 13.4. The minimum Gasteiger partial charge on any atom is -0.393 e. The second kappa shape index (κ2) is 11.0. The van der Waals surface area contributed by atoms with Crippen LogP contribution in [0.2, 0.25) is 0 Å². The zero-order valence-electron chi connectivity index (χ0n) is 21.4. The summed E-state index contributed by atoms with van der Waals surface area (Å²) in [5, 5.41) is 20.8. The van der Waals surface area contributed by atoms with E-state index in [2.05, 4.69) is 41.3 Å². The van der Waals surface area contributed by atoms with E-state index < -0.39 is 0 Å². The second-order valence-corrected chi connectivity index (χ2v) is 10.4. The summed E-state index contributed by atoms with van der Waals surface area (Å²) in [6.45, 7) is 5.68. The Morgan fingerprint density at radius 2 is 1.76 bits per heavy atom. The third kappa shape index (κ3) is 5.60. The maximum Gasteiger partial charge on any atom is 0.276 e. The van der Waals surface area contributed by atoms with E-state index in [1.165, 1.54) is 12.8 Å². The number of aromatic nitrogens is 4. The van der Waals surface area contributed by atoms with Crippen LogP contribution in [0.25, 0.3) is 22.0 Å². The molecule has 5 heterocycles. The number of nitrogens with zero attached hydrogens (tertiary/aromatic N) is 5. The van der Waals surface area contributed by atoms with Gasteiger partial charge in [-0.2, -0.15) is 5.10 Å². The molecule has 2 saturated heterocycles. The number of aliphatic hydroxyl groups is 1. The number of hydrogen-bond acceptors (Lipinski definition) is 7. The fraction of sp³-hybridized carbons (Fsp3) is 0.379. The number of carbonyl (C=O) groups excluding carboxylic acids is 1. The van der Waals surface area contributed by atoms with E-state index in [9.17, 15) is 9.90 Å². The van der Waals surface area contributed by atoms with Crippen molar-refractivity contribution in [3.8, 4) is 11.1 Å². The SMILES string of the molecule is O=C(Nc1ccc(CN2CCCC2)nc1)c1n[nH]c2ccc(-c3cncc(CN4CCC(O)CC4)c3)cc12. The molecular formula is C29H33N7O2. The molecule has 0 unspecified atom stereocenters. The monoisotopic (exact) mass is 511 g/mol. The van der Waals surface area contributed by atoms with E-state index in [0.717, 1.165) is 85.4 Å². The minimum absolute atomic E-state index is 0.181. The zero-order chi connectivity index (χ0) is 25.9. The number of aliphatic hydroxyl groups excluding tert-OH is 1. The van der Waals surface area contributed by atoms with Crippen molar-refractivity contribution in [2.75, 3.05) is 31.5 Å². The smallest absolute Gasteiger partial charge is 0.276 e. The predicted octanol–water partition coefficient (Wildman–Crippen LogP) is 3.82. The highest BCUT2D eigenvalue weighted by Crippen LogP contribution is 2.27. The van der Waals surface area contributed by atoms with Crippen molar-refractivity contribution >= 4 is 22.5 Å². The Balaban J connectivity index is 1.16. The lowest BCUT2D eigenvalue weighted by atomic mass is 10.0. The van der Waals surface area contributed by atoms with Crippen LogP contribution < -0.4 is 5.32 Å². The van der Waals surface area contributed by atoms with E-state index >= 15 is 0 Å². The number of hydrogen-bond donors (Lipinski definition) is 3. The van der Waals surface area contributed by atoms with Gasteiger partial charge in [0.2, 0.25) is 0 Å². The maximum absolute atomic E-state index is 13.1. The first kappa shape index (κ1) is 24.7. The molecule has 2 aliphatic rings. The highest BCUT2D eigenvalue weighted by Gasteiger charge is 2.19. The summed E-state index contributed by atoms with van der Waals surface area (Å²) in [4.78, 5) is 26.9. The lowest BCUT2D eigenvalue weighted by Gasteiger charge is -2.29. The molecule has 9 nitrogen and oxygen atoms in total. The molecule has 4 aromatic rings. The van der Waals surface area contributed by atoms with Crippen LogP contribution in [0.5, 0.6) is 0 Å². The first-order valence-electron chi connectivity index (χ1n) is 13.4. The molecule has 0 spiro atoms. The average Bonchev–Trinajstić information content (AvgIpc) is 3.61. The highest BCUT2D eigenvalue weighted by molar-refractivity contribution is 6.11. The number of amides is 1. The van der Waals surface area contributed by atoms with Crippen LogP contribution in [0, 0.1) is 0 Å². The van der Waals surface area contributed by atoms with Crippen LogP contribution in [-0.4, -0.2) is 73.3 Å². The summed E-state index contributed by atoms with van der Waals surface area (Å²) in [5.41, 5.74) is 5.90. The molecule has 3 N–H and O–H groups in total. The molecule has 9 heteroatoms. The number of fused-ring (bicyclic) bond motifs is 1. The van der Waals surface area contributed by atoms with Crippen molar-refractivity contribution in [2.24, 2.45) is 0 Å². The van der Waals surface area contributed by atoms with Gasteiger partial charge in [-0.3, -0.25) is 29.7 Å². The molecule has 0 radical (unpaired) electrons. The van der Waals surface area contributed by atoms with E-state index in [-0.39, 0.29) is 12.0 Å². The number of aromatic amines is 1. The standard InChI is InChI=1S/C29H33N7O2/c37-25-7-11-36(12-8-25)18-20-13-22(16-30-15-20)21-3-6-27-26(14-21)28(34-33-27)29(38)32-23-4-5-24(31-17-23)19-35-9-1-2-10-35/h3-6,13-17,25,37H,1-2,7-12,18-19H2,(H,32,38)(H,33,34). The normalized spacial score (nSPS) is 17.3. The molecule has 2 fully saturated rings. The van der Waals surface area contributed by atoms with Gasteiger partial charge in [-0.15, -0.1) is 0 Å². The van der Waals surface area contributed by atoms with Gasteiger partial charge in [-0.25, -0.2) is 0 Å². The number of anilines is 1. The highest BCUT2D eigenvalue weighted by atomic mass is 16.3. The Morgan fingerprint density at radius 1 is 0.947 bits per heavy atom. The lowest BCUT2D eigenvalue weighted by Crippen LogP contribution is -2.35. The van der Waals surface area contributed by atoms with Crippen LogP contribution >= 0.6 is 0 Å². The Hall–Kier alpha value is -3.66. The van der Waals surface area contributed by atoms with Crippen LogP contribution in [0.4, 0.5) is 5.69 Å². The molecule has 0 aliphatic carbocycles. The number of H-pyrrole nitrogens is 1. The first-order chi connectivity index (χ1) is 18.6. The lowest BCUT2D eigenvalue weighted by molar-refractivity contribution is 0.0792. The summed E-state index contributed by atoms with van der Waals surface area (Å²) in [7, 11) is 0. The summed E-state index contributed by atoms with van der Waals surface area (Å²) < 4.78 is 0. The maximum atomic E-state index is 13.1. The molecule has 1 amide bonds. The minimum atomic E-state index is -0.276. The van der Waals surface area contributed by atoms with Gasteiger partial charge in [0.05, 0.1) is 29.2 Å². The van der Waals surface area contributed by atoms with Crippen LogP contribution in [0.1, 0.15) is 47.4 Å². The van der Waals surface area contributed by atoms with E-state index in [4.69, 9.17) is 0 Å². The fourth-order valence-corrected chi connectivity index (χ4v) is 5.39. The van der Waals surface area contributed by atoms with Crippen molar-refractivity contribution in [1.82, 2.24) is 30.0 Å². The predicted molar refractivity (Wildman–Crippen MR) is 147 cm³/mol. The number of rotatable bonds is 7. The molecular weight excluding hydrogens is 478 g/mol. The average molecular weight is 512 g/mol. The zero-order valence-corrected chi connectivity index (χ0v) is 21.4. The summed E-state index contributed by atoms with van der Waals surface area (Å²) in [6, 6.07) is 12.0. The van der Waals surface area contributed by atoms with Gasteiger partial charge in [0, 0.05) is 49.5 Å². The molecule has 1 aromatic carbocycles. The van der Waals surface area contributed by atoms with Crippen molar-refractivity contribution in [1.29, 1.82) is 0 Å². The van der Waals surface area contributed by atoms with E-state index in [1.807, 2.05) is 42.7 Å². The van der Waals surface area contributed by atoms with Crippen molar-refractivity contribution in [3.63, 3.8) is 0 Å². The Morgan fingerprint density at radius 3 is 2.55 bits per heavy atom. The molecule has 0 atom stereocenters. The topological polar surface area (TPSA) is 110 Å². The number of likely N-dealkylation sites (tertiary alicyclic amines) is 2. The molecule has 196 valence electrons.